The Morgan fingerprint density at radius 3 is 3.05 bits per heavy atom. The lowest BCUT2D eigenvalue weighted by atomic mass is 9.96. The van der Waals surface area contributed by atoms with Gasteiger partial charge in [-0.25, -0.2) is 4.98 Å². The monoisotopic (exact) mass is 308 g/mol. The van der Waals surface area contributed by atoms with Gasteiger partial charge in [-0.15, -0.1) is 11.8 Å². The Labute approximate surface area is 130 Å². The number of pyridine rings is 1. The van der Waals surface area contributed by atoms with E-state index < -0.39 is 0 Å². The lowest BCUT2D eigenvalue weighted by Gasteiger charge is -2.24. The fraction of sp³-hybridized carbons (Fsp3) is 0.688. The van der Waals surface area contributed by atoms with Crippen LogP contribution in [-0.4, -0.2) is 53.7 Å². The van der Waals surface area contributed by atoms with Gasteiger partial charge in [0, 0.05) is 25.1 Å². The molecule has 2 aliphatic rings. The zero-order valence-corrected chi connectivity index (χ0v) is 13.4. The second kappa shape index (κ2) is 7.09. The fourth-order valence-corrected chi connectivity index (χ4v) is 3.79. The third-order valence-electron chi connectivity index (χ3n) is 4.63. The molecular formula is C16H24N2O2S. The Morgan fingerprint density at radius 1 is 1.43 bits per heavy atom. The summed E-state index contributed by atoms with van der Waals surface area (Å²) >= 11 is 1.69. The van der Waals surface area contributed by atoms with E-state index >= 15 is 0 Å². The average molecular weight is 308 g/mol. The van der Waals surface area contributed by atoms with Crippen LogP contribution in [-0.2, 0) is 11.3 Å². The van der Waals surface area contributed by atoms with Crippen LogP contribution in [0.3, 0.4) is 0 Å². The Hall–Kier alpha value is -0.620. The molecule has 0 spiro atoms. The zero-order chi connectivity index (χ0) is 14.7. The summed E-state index contributed by atoms with van der Waals surface area (Å²) in [4.78, 5) is 7.23. The van der Waals surface area contributed by atoms with E-state index in [-0.39, 0.29) is 6.61 Å². The summed E-state index contributed by atoms with van der Waals surface area (Å²) in [5, 5.41) is 10.6. The van der Waals surface area contributed by atoms with Crippen LogP contribution in [0.2, 0.25) is 0 Å². The van der Waals surface area contributed by atoms with E-state index in [1.165, 1.54) is 17.7 Å². The molecule has 0 unspecified atom stereocenters. The maximum Gasteiger partial charge on any atom is 0.0961 e. The zero-order valence-electron chi connectivity index (χ0n) is 12.6. The Balaban J connectivity index is 1.83. The molecule has 2 atom stereocenters. The number of aromatic nitrogens is 1. The highest BCUT2D eigenvalue weighted by atomic mass is 32.2. The summed E-state index contributed by atoms with van der Waals surface area (Å²) in [6, 6.07) is 4.66. The molecule has 0 radical (unpaired) electrons. The molecule has 1 aromatic rings. The number of thioether (sulfide) groups is 1. The summed E-state index contributed by atoms with van der Waals surface area (Å²) in [5.41, 5.74) is 2.52. The Morgan fingerprint density at radius 2 is 2.33 bits per heavy atom. The van der Waals surface area contributed by atoms with E-state index in [2.05, 4.69) is 23.3 Å². The first kappa shape index (κ1) is 15.3. The number of aliphatic hydroxyl groups excluding tert-OH is 1. The van der Waals surface area contributed by atoms with Crippen molar-refractivity contribution in [1.82, 2.24) is 9.88 Å². The van der Waals surface area contributed by atoms with E-state index in [0.717, 1.165) is 44.2 Å². The smallest absolute Gasteiger partial charge is 0.0961 e. The minimum Gasteiger partial charge on any atom is -0.395 e. The van der Waals surface area contributed by atoms with E-state index in [4.69, 9.17) is 9.72 Å². The second-order valence-electron chi connectivity index (χ2n) is 5.90. The van der Waals surface area contributed by atoms with Crippen molar-refractivity contribution in [2.45, 2.75) is 42.8 Å². The molecule has 21 heavy (non-hydrogen) atoms. The van der Waals surface area contributed by atoms with Crippen LogP contribution in [0.15, 0.2) is 17.2 Å². The summed E-state index contributed by atoms with van der Waals surface area (Å²) < 4.78 is 5.55. The van der Waals surface area contributed by atoms with Gasteiger partial charge in [0.1, 0.15) is 0 Å². The predicted octanol–water partition coefficient (Wildman–Crippen LogP) is 2.26. The van der Waals surface area contributed by atoms with E-state index in [0.29, 0.717) is 12.0 Å². The van der Waals surface area contributed by atoms with Crippen LogP contribution in [0, 0.1) is 0 Å². The van der Waals surface area contributed by atoms with E-state index in [9.17, 15) is 5.11 Å². The molecule has 0 aromatic carbocycles. The minimum atomic E-state index is 0.254. The maximum absolute atomic E-state index is 9.51. The van der Waals surface area contributed by atoms with Crippen molar-refractivity contribution in [2.75, 3.05) is 32.6 Å². The van der Waals surface area contributed by atoms with Crippen LogP contribution < -0.4 is 0 Å². The maximum atomic E-state index is 9.51. The van der Waals surface area contributed by atoms with Gasteiger partial charge in [-0.3, -0.25) is 4.90 Å². The summed E-state index contributed by atoms with van der Waals surface area (Å²) in [7, 11) is 0. The Bertz CT molecular complexity index is 477. The highest BCUT2D eigenvalue weighted by Gasteiger charge is 2.27. The highest BCUT2D eigenvalue weighted by molar-refractivity contribution is 7.98. The number of aliphatic hydroxyl groups is 1. The molecular weight excluding hydrogens is 284 g/mol. The Kier molecular flexibility index (Phi) is 5.16. The first-order chi connectivity index (χ1) is 10.3. The first-order valence-electron chi connectivity index (χ1n) is 7.78. The molecule has 5 heteroatoms. The molecule has 0 amide bonds. The van der Waals surface area contributed by atoms with Gasteiger partial charge < -0.3 is 9.84 Å². The number of nitrogens with zero attached hydrogens (tertiary/aromatic N) is 2. The SMILES string of the molecule is CSc1ccc([C@@H]2CCOC2)c(CN2CCC[C@@H]2CO)n1. The molecule has 2 aliphatic heterocycles. The van der Waals surface area contributed by atoms with Crippen molar-refractivity contribution >= 4 is 11.8 Å². The van der Waals surface area contributed by atoms with E-state index in [1.807, 2.05) is 0 Å². The van der Waals surface area contributed by atoms with Gasteiger partial charge in [0.15, 0.2) is 0 Å². The highest BCUT2D eigenvalue weighted by Crippen LogP contribution is 2.30. The largest absolute Gasteiger partial charge is 0.395 e. The minimum absolute atomic E-state index is 0.254. The van der Waals surface area contributed by atoms with E-state index in [1.54, 1.807) is 11.8 Å². The number of hydrogen-bond acceptors (Lipinski definition) is 5. The van der Waals surface area contributed by atoms with Gasteiger partial charge in [0.25, 0.3) is 0 Å². The molecule has 3 rings (SSSR count). The summed E-state index contributed by atoms with van der Waals surface area (Å²) in [5.74, 6) is 0.485. The van der Waals surface area contributed by atoms with Gasteiger partial charge in [-0.2, -0.15) is 0 Å². The van der Waals surface area contributed by atoms with Crippen LogP contribution in [0.4, 0.5) is 0 Å². The van der Waals surface area contributed by atoms with Gasteiger partial charge in [-0.05, 0) is 43.7 Å². The molecule has 1 N–H and O–H groups in total. The van der Waals surface area contributed by atoms with Crippen molar-refractivity contribution in [3.8, 4) is 0 Å². The fourth-order valence-electron chi connectivity index (χ4n) is 3.39. The molecule has 2 saturated heterocycles. The summed E-state index contributed by atoms with van der Waals surface area (Å²) in [6.07, 6.45) is 5.43. The number of rotatable bonds is 5. The normalized spacial score (nSPS) is 26.6. The number of hydrogen-bond donors (Lipinski definition) is 1. The van der Waals surface area contributed by atoms with Crippen molar-refractivity contribution < 1.29 is 9.84 Å². The van der Waals surface area contributed by atoms with Crippen molar-refractivity contribution in [1.29, 1.82) is 0 Å². The van der Waals surface area contributed by atoms with Crippen LogP contribution in [0.5, 0.6) is 0 Å². The first-order valence-corrected chi connectivity index (χ1v) is 9.00. The number of ether oxygens (including phenoxy) is 1. The molecule has 0 bridgehead atoms. The lowest BCUT2D eigenvalue weighted by molar-refractivity contribution is 0.151. The second-order valence-corrected chi connectivity index (χ2v) is 6.73. The molecule has 2 fully saturated rings. The quantitative estimate of drug-likeness (QED) is 0.846. The summed E-state index contributed by atoms with van der Waals surface area (Å²) in [6.45, 7) is 3.85. The predicted molar refractivity (Wildman–Crippen MR) is 84.7 cm³/mol. The molecule has 0 saturated carbocycles. The molecule has 0 aliphatic carbocycles. The standard InChI is InChI=1S/C16H24N2O2S/c1-21-16-5-4-14(12-6-8-20-11-12)15(17-16)9-18-7-2-3-13(18)10-19/h4-5,12-13,19H,2-3,6-11H2,1H3/t12-,13-/m1/s1. The van der Waals surface area contributed by atoms with Gasteiger partial charge in [-0.1, -0.05) is 6.07 Å². The topological polar surface area (TPSA) is 45.6 Å². The van der Waals surface area contributed by atoms with Crippen LogP contribution in [0.25, 0.3) is 0 Å². The van der Waals surface area contributed by atoms with Gasteiger partial charge in [0.05, 0.1) is 23.9 Å². The van der Waals surface area contributed by atoms with Crippen molar-refractivity contribution in [2.24, 2.45) is 0 Å². The third kappa shape index (κ3) is 3.42. The van der Waals surface area contributed by atoms with Gasteiger partial charge >= 0.3 is 0 Å². The third-order valence-corrected chi connectivity index (χ3v) is 5.27. The number of likely N-dealkylation sites (tertiary alicyclic amines) is 1. The molecule has 3 heterocycles. The molecule has 1 aromatic heterocycles. The molecule has 4 nitrogen and oxygen atoms in total. The van der Waals surface area contributed by atoms with Crippen LogP contribution >= 0.6 is 11.8 Å². The molecule has 116 valence electrons. The van der Waals surface area contributed by atoms with Crippen molar-refractivity contribution in [3.05, 3.63) is 23.4 Å². The van der Waals surface area contributed by atoms with Crippen molar-refractivity contribution in [3.63, 3.8) is 0 Å². The lowest BCUT2D eigenvalue weighted by Crippen LogP contribution is -2.32. The average Bonchev–Trinajstić information content (AvgIpc) is 3.18. The van der Waals surface area contributed by atoms with Gasteiger partial charge in [0.2, 0.25) is 0 Å². The van der Waals surface area contributed by atoms with Crippen LogP contribution in [0.1, 0.15) is 36.4 Å².